The minimum absolute atomic E-state index is 0.0215. The Morgan fingerprint density at radius 3 is 2.44 bits per heavy atom. The Morgan fingerprint density at radius 2 is 1.79 bits per heavy atom. The third-order valence-electron chi connectivity index (χ3n) is 6.18. The third kappa shape index (κ3) is 4.38. The summed E-state index contributed by atoms with van der Waals surface area (Å²) >= 11 is 0. The zero-order valence-electron chi connectivity index (χ0n) is 19.9. The Morgan fingerprint density at radius 1 is 1.09 bits per heavy atom. The zero-order chi connectivity index (χ0) is 24.4. The molecule has 2 atom stereocenters. The number of rotatable bonds is 6. The molecule has 0 spiro atoms. The first-order valence-electron chi connectivity index (χ1n) is 11.6. The highest BCUT2D eigenvalue weighted by atomic mass is 16.5. The van der Waals surface area contributed by atoms with E-state index in [1.165, 1.54) is 0 Å². The van der Waals surface area contributed by atoms with Crippen molar-refractivity contribution < 1.29 is 14.3 Å². The standard InChI is InChI=1S/C27H29N3O4/c1-5-29-16-21(23(19-11-7-6-8-12-19)20-13-9-10-18(4)14-20)30-24(26(29)32)25(22(31)15-28-30)34-27(33)17(2)3/h6-15,17,21,23H,5,16H2,1-4H3. The summed E-state index contributed by atoms with van der Waals surface area (Å²) in [6.45, 7) is 8.15. The lowest BCUT2D eigenvalue weighted by atomic mass is 9.83. The van der Waals surface area contributed by atoms with Crippen molar-refractivity contribution in [1.29, 1.82) is 0 Å². The Labute approximate surface area is 199 Å². The van der Waals surface area contributed by atoms with Gasteiger partial charge in [-0.2, -0.15) is 5.10 Å². The highest BCUT2D eigenvalue weighted by Gasteiger charge is 2.40. The lowest BCUT2D eigenvalue weighted by Gasteiger charge is -2.39. The van der Waals surface area contributed by atoms with E-state index in [1.807, 2.05) is 44.2 Å². The van der Waals surface area contributed by atoms with E-state index < -0.39 is 17.3 Å². The number of aromatic nitrogens is 2. The van der Waals surface area contributed by atoms with E-state index in [0.717, 1.165) is 22.9 Å². The molecule has 0 fully saturated rings. The van der Waals surface area contributed by atoms with Crippen molar-refractivity contribution in [3.8, 4) is 5.75 Å². The van der Waals surface area contributed by atoms with E-state index in [1.54, 1.807) is 23.4 Å². The van der Waals surface area contributed by atoms with Gasteiger partial charge in [-0.15, -0.1) is 0 Å². The summed E-state index contributed by atoms with van der Waals surface area (Å²) in [5.74, 6) is -1.79. The average molecular weight is 460 g/mol. The molecular formula is C27H29N3O4. The first kappa shape index (κ1) is 23.4. The van der Waals surface area contributed by atoms with Crippen molar-refractivity contribution in [2.75, 3.05) is 13.1 Å². The van der Waals surface area contributed by atoms with E-state index >= 15 is 0 Å². The molecule has 2 unspecified atom stereocenters. The molecule has 1 aliphatic heterocycles. The quantitative estimate of drug-likeness (QED) is 0.521. The number of hydrogen-bond acceptors (Lipinski definition) is 5. The lowest BCUT2D eigenvalue weighted by Crippen LogP contribution is -2.47. The second-order valence-electron chi connectivity index (χ2n) is 8.92. The Hall–Kier alpha value is -3.74. The summed E-state index contributed by atoms with van der Waals surface area (Å²) in [6.07, 6.45) is 1.13. The topological polar surface area (TPSA) is 81.5 Å². The molecule has 7 nitrogen and oxygen atoms in total. The summed E-state index contributed by atoms with van der Waals surface area (Å²) in [4.78, 5) is 40.2. The molecule has 0 saturated heterocycles. The highest BCUT2D eigenvalue weighted by molar-refractivity contribution is 5.96. The largest absolute Gasteiger partial charge is 0.420 e. The first-order valence-corrected chi connectivity index (χ1v) is 11.6. The van der Waals surface area contributed by atoms with Crippen LogP contribution in [0.3, 0.4) is 0 Å². The number of esters is 1. The molecule has 0 aliphatic carbocycles. The number of ether oxygens (including phenoxy) is 1. The molecule has 7 heteroatoms. The van der Waals surface area contributed by atoms with Gasteiger partial charge in [0.25, 0.3) is 5.91 Å². The minimum Gasteiger partial charge on any atom is -0.420 e. The zero-order valence-corrected chi connectivity index (χ0v) is 19.9. The molecular weight excluding hydrogens is 430 g/mol. The van der Waals surface area contributed by atoms with Crippen LogP contribution in [0, 0.1) is 12.8 Å². The van der Waals surface area contributed by atoms with E-state index in [2.05, 4.69) is 29.4 Å². The SMILES string of the molecule is CCN1CC(C(c2ccccc2)c2cccc(C)c2)n2ncc(=O)c(OC(=O)C(C)C)c2C1=O. The van der Waals surface area contributed by atoms with Crippen molar-refractivity contribution >= 4 is 11.9 Å². The van der Waals surface area contributed by atoms with E-state index in [-0.39, 0.29) is 29.3 Å². The second-order valence-corrected chi connectivity index (χ2v) is 8.92. The van der Waals surface area contributed by atoms with Crippen LogP contribution in [-0.2, 0) is 4.79 Å². The summed E-state index contributed by atoms with van der Waals surface area (Å²) < 4.78 is 7.05. The van der Waals surface area contributed by atoms with Crippen LogP contribution >= 0.6 is 0 Å². The van der Waals surface area contributed by atoms with Crippen LogP contribution in [0.5, 0.6) is 5.75 Å². The number of nitrogens with zero attached hydrogens (tertiary/aromatic N) is 3. The van der Waals surface area contributed by atoms with Crippen molar-refractivity contribution in [3.05, 3.63) is 93.4 Å². The lowest BCUT2D eigenvalue weighted by molar-refractivity contribution is -0.137. The average Bonchev–Trinajstić information content (AvgIpc) is 2.82. The molecule has 0 bridgehead atoms. The minimum atomic E-state index is -0.586. The monoisotopic (exact) mass is 459 g/mol. The molecule has 0 radical (unpaired) electrons. The number of hydrogen-bond donors (Lipinski definition) is 0. The van der Waals surface area contributed by atoms with Crippen LogP contribution in [0.1, 0.15) is 59.9 Å². The van der Waals surface area contributed by atoms with Crippen LogP contribution in [-0.4, -0.2) is 39.6 Å². The van der Waals surface area contributed by atoms with Gasteiger partial charge in [-0.05, 0) is 25.0 Å². The van der Waals surface area contributed by atoms with Crippen LogP contribution in [0.2, 0.25) is 0 Å². The molecule has 0 N–H and O–H groups in total. The van der Waals surface area contributed by atoms with Crippen LogP contribution < -0.4 is 10.2 Å². The highest BCUT2D eigenvalue weighted by Crippen LogP contribution is 2.39. The Balaban J connectivity index is 1.95. The van der Waals surface area contributed by atoms with Crippen LogP contribution in [0.15, 0.2) is 65.6 Å². The normalized spacial score (nSPS) is 16.3. The smallest absolute Gasteiger partial charge is 0.313 e. The molecule has 1 aromatic heterocycles. The molecule has 2 heterocycles. The Bertz CT molecular complexity index is 1270. The molecule has 176 valence electrons. The van der Waals surface area contributed by atoms with E-state index in [4.69, 9.17) is 4.74 Å². The van der Waals surface area contributed by atoms with Crippen LogP contribution in [0.25, 0.3) is 0 Å². The van der Waals surface area contributed by atoms with E-state index in [9.17, 15) is 14.4 Å². The predicted molar refractivity (Wildman–Crippen MR) is 129 cm³/mol. The predicted octanol–water partition coefficient (Wildman–Crippen LogP) is 3.96. The van der Waals surface area contributed by atoms with Crippen molar-refractivity contribution in [2.45, 2.75) is 39.7 Å². The number of aryl methyl sites for hydroxylation is 1. The van der Waals surface area contributed by atoms with Gasteiger partial charge in [0.1, 0.15) is 0 Å². The van der Waals surface area contributed by atoms with Gasteiger partial charge in [0.05, 0.1) is 18.2 Å². The van der Waals surface area contributed by atoms with Crippen molar-refractivity contribution in [3.63, 3.8) is 0 Å². The molecule has 4 rings (SSSR count). The summed E-state index contributed by atoms with van der Waals surface area (Å²) in [5, 5.41) is 4.39. The van der Waals surface area contributed by atoms with Gasteiger partial charge in [-0.3, -0.25) is 19.1 Å². The van der Waals surface area contributed by atoms with Gasteiger partial charge in [0, 0.05) is 19.0 Å². The maximum absolute atomic E-state index is 13.4. The summed E-state index contributed by atoms with van der Waals surface area (Å²) in [5.41, 5.74) is 2.70. The van der Waals surface area contributed by atoms with Crippen molar-refractivity contribution in [1.82, 2.24) is 14.7 Å². The second kappa shape index (κ2) is 9.63. The van der Waals surface area contributed by atoms with Gasteiger partial charge in [0.15, 0.2) is 5.69 Å². The maximum atomic E-state index is 13.4. The number of likely N-dealkylation sites (N-methyl/N-ethyl adjacent to an activating group) is 1. The van der Waals surface area contributed by atoms with Gasteiger partial charge >= 0.3 is 5.97 Å². The Kier molecular flexibility index (Phi) is 6.63. The van der Waals surface area contributed by atoms with Gasteiger partial charge in [-0.25, -0.2) is 0 Å². The van der Waals surface area contributed by atoms with Crippen molar-refractivity contribution in [2.24, 2.45) is 5.92 Å². The summed E-state index contributed by atoms with van der Waals surface area (Å²) in [7, 11) is 0. The van der Waals surface area contributed by atoms with Crippen LogP contribution in [0.4, 0.5) is 0 Å². The number of amides is 1. The first-order chi connectivity index (χ1) is 16.3. The maximum Gasteiger partial charge on any atom is 0.313 e. The molecule has 34 heavy (non-hydrogen) atoms. The molecule has 1 amide bonds. The number of carbonyl (C=O) groups is 2. The number of benzene rings is 2. The molecule has 2 aromatic carbocycles. The fraction of sp³-hybridized carbons (Fsp3) is 0.333. The summed E-state index contributed by atoms with van der Waals surface area (Å²) in [6, 6.07) is 18.0. The molecule has 1 aliphatic rings. The fourth-order valence-electron chi connectivity index (χ4n) is 4.43. The van der Waals surface area contributed by atoms with Gasteiger partial charge in [-0.1, -0.05) is 74.0 Å². The number of carbonyl (C=O) groups excluding carboxylic acids is 2. The number of fused-ring (bicyclic) bond motifs is 1. The van der Waals surface area contributed by atoms with Gasteiger partial charge in [0.2, 0.25) is 11.2 Å². The molecule has 0 saturated carbocycles. The third-order valence-corrected chi connectivity index (χ3v) is 6.18. The fourth-order valence-corrected chi connectivity index (χ4v) is 4.43. The van der Waals surface area contributed by atoms with Gasteiger partial charge < -0.3 is 9.64 Å². The molecule has 3 aromatic rings. The van der Waals surface area contributed by atoms with E-state index in [0.29, 0.717) is 13.1 Å².